The zero-order valence-electron chi connectivity index (χ0n) is 25.9. The molecule has 0 saturated heterocycles. The van der Waals surface area contributed by atoms with Gasteiger partial charge in [0.25, 0.3) is 5.69 Å². The summed E-state index contributed by atoms with van der Waals surface area (Å²) in [5, 5.41) is 18.7. The summed E-state index contributed by atoms with van der Waals surface area (Å²) in [4.78, 5) is 40.5. The zero-order chi connectivity index (χ0) is 33.6. The van der Waals surface area contributed by atoms with E-state index in [9.17, 15) is 28.1 Å². The first-order valence-corrected chi connectivity index (χ1v) is 16.0. The van der Waals surface area contributed by atoms with Crippen LogP contribution in [0.3, 0.4) is 0 Å². The molecule has 0 aromatic heterocycles. The number of anilines is 4. The van der Waals surface area contributed by atoms with Crippen LogP contribution in [0.5, 0.6) is 5.75 Å². The Balaban J connectivity index is 1.58. The fourth-order valence-electron chi connectivity index (χ4n) is 5.53. The summed E-state index contributed by atoms with van der Waals surface area (Å²) >= 11 is 0. The van der Waals surface area contributed by atoms with Gasteiger partial charge in [0.15, 0.2) is 11.5 Å². The van der Waals surface area contributed by atoms with Crippen LogP contribution in [0, 0.1) is 37.8 Å². The third-order valence-electron chi connectivity index (χ3n) is 8.04. The van der Waals surface area contributed by atoms with Crippen molar-refractivity contribution in [2.75, 3.05) is 10.6 Å². The number of rotatable bonds is 8. The molecule has 0 atom stereocenters. The molecule has 0 unspecified atom stereocenters. The summed E-state index contributed by atoms with van der Waals surface area (Å²) in [5.41, 5.74) is 3.26. The van der Waals surface area contributed by atoms with Crippen molar-refractivity contribution < 1.29 is 27.1 Å². The topological polar surface area (TPSA) is 145 Å². The molecule has 1 aliphatic carbocycles. The Labute approximate surface area is 271 Å². The molecule has 0 bridgehead atoms. The number of nitrogens with zero attached hydrogens (tertiary/aromatic N) is 1. The van der Waals surface area contributed by atoms with Gasteiger partial charge in [-0.25, -0.2) is 0 Å². The molecule has 0 heterocycles. The molecule has 0 fully saturated rings. The van der Waals surface area contributed by atoms with Gasteiger partial charge in [-0.3, -0.25) is 19.7 Å². The molecule has 11 heteroatoms. The zero-order valence-corrected chi connectivity index (χ0v) is 26.7. The molecule has 10 nitrogen and oxygen atoms in total. The second-order valence-corrected chi connectivity index (χ2v) is 12.9. The maximum Gasteiger partial charge on any atom is 0.339 e. The first-order chi connectivity index (χ1) is 22.4. The minimum absolute atomic E-state index is 0.167. The summed E-state index contributed by atoms with van der Waals surface area (Å²) < 4.78 is 32.3. The quantitative estimate of drug-likeness (QED) is 0.0958. The molecule has 0 saturated carbocycles. The molecule has 236 valence electrons. The van der Waals surface area contributed by atoms with Crippen molar-refractivity contribution in [3.8, 4) is 5.75 Å². The van der Waals surface area contributed by atoms with Gasteiger partial charge in [-0.1, -0.05) is 48.0 Å². The van der Waals surface area contributed by atoms with Gasteiger partial charge in [0.05, 0.1) is 33.0 Å². The van der Waals surface area contributed by atoms with Gasteiger partial charge in [0, 0.05) is 17.4 Å². The minimum Gasteiger partial charge on any atom is -0.378 e. The summed E-state index contributed by atoms with van der Waals surface area (Å²) in [6, 6.07) is 24.2. The third-order valence-corrected chi connectivity index (χ3v) is 9.29. The van der Waals surface area contributed by atoms with E-state index in [2.05, 4.69) is 10.6 Å². The standard InChI is InChI=1S/C36H29N3O7S/c1-20-10-13-24(14-11-20)47(44,45)46-30-18-16-27(37-25-8-6-5-7-22(25)3)32-34(30)36(41)33-29(39(42)43)17-15-26(31(33)35(32)40)38-28-19-21(2)9-12-23(28)4/h5-19,37-38H,1-4H3. The van der Waals surface area contributed by atoms with Crippen molar-refractivity contribution in [2.45, 2.75) is 32.6 Å². The Morgan fingerprint density at radius 1 is 0.617 bits per heavy atom. The highest BCUT2D eigenvalue weighted by Gasteiger charge is 2.42. The van der Waals surface area contributed by atoms with Gasteiger partial charge >= 0.3 is 10.1 Å². The number of carbonyl (C=O) groups excluding carboxylic acids is 2. The molecule has 0 amide bonds. The Morgan fingerprint density at radius 3 is 1.87 bits per heavy atom. The van der Waals surface area contributed by atoms with E-state index in [1.807, 2.05) is 51.1 Å². The third kappa shape index (κ3) is 5.72. The van der Waals surface area contributed by atoms with Crippen LogP contribution in [0.2, 0.25) is 0 Å². The summed E-state index contributed by atoms with van der Waals surface area (Å²) in [5.74, 6) is -2.07. The number of hydrogen-bond acceptors (Lipinski definition) is 9. The van der Waals surface area contributed by atoms with Crippen molar-refractivity contribution in [3.05, 3.63) is 146 Å². The summed E-state index contributed by atoms with van der Waals surface area (Å²) in [6.07, 6.45) is 0. The van der Waals surface area contributed by atoms with Crippen molar-refractivity contribution in [2.24, 2.45) is 0 Å². The highest BCUT2D eigenvalue weighted by atomic mass is 32.2. The van der Waals surface area contributed by atoms with Gasteiger partial charge < -0.3 is 14.8 Å². The van der Waals surface area contributed by atoms with E-state index in [1.165, 1.54) is 30.3 Å². The number of nitro groups is 1. The molecule has 0 spiro atoms. The maximum absolute atomic E-state index is 14.7. The molecule has 0 aliphatic heterocycles. The van der Waals surface area contributed by atoms with E-state index in [1.54, 1.807) is 31.2 Å². The number of benzene rings is 5. The van der Waals surface area contributed by atoms with Gasteiger partial charge in [-0.2, -0.15) is 8.42 Å². The molecule has 1 aliphatic rings. The average Bonchev–Trinajstić information content (AvgIpc) is 3.03. The van der Waals surface area contributed by atoms with E-state index in [0.29, 0.717) is 11.4 Å². The molecule has 2 N–H and O–H groups in total. The molecular formula is C36H29N3O7S. The summed E-state index contributed by atoms with van der Waals surface area (Å²) in [7, 11) is -4.47. The second-order valence-electron chi connectivity index (χ2n) is 11.4. The number of carbonyl (C=O) groups is 2. The number of aryl methyl sites for hydroxylation is 4. The number of fused-ring (bicyclic) bond motifs is 2. The molecule has 0 radical (unpaired) electrons. The number of nitrogens with one attached hydrogen (secondary N) is 2. The second kappa shape index (κ2) is 11.8. The van der Waals surface area contributed by atoms with Crippen LogP contribution >= 0.6 is 0 Å². The van der Waals surface area contributed by atoms with E-state index >= 15 is 0 Å². The smallest absolute Gasteiger partial charge is 0.339 e. The first-order valence-electron chi connectivity index (χ1n) is 14.6. The first kappa shape index (κ1) is 31.2. The van der Waals surface area contributed by atoms with Crippen LogP contribution < -0.4 is 14.8 Å². The SMILES string of the molecule is Cc1ccc(S(=O)(=O)Oc2ccc(Nc3ccccc3C)c3c2C(=O)c2c([N+](=O)[O-])ccc(Nc4cc(C)ccc4C)c2C3=O)cc1. The minimum atomic E-state index is -4.47. The molecule has 6 rings (SSSR count). The lowest BCUT2D eigenvalue weighted by Gasteiger charge is -2.25. The van der Waals surface area contributed by atoms with E-state index in [0.717, 1.165) is 28.3 Å². The lowest BCUT2D eigenvalue weighted by molar-refractivity contribution is -0.385. The number of para-hydroxylation sites is 1. The fraction of sp³-hybridized carbons (Fsp3) is 0.111. The van der Waals surface area contributed by atoms with Crippen LogP contribution in [0.25, 0.3) is 0 Å². The number of ketones is 2. The molecule has 5 aromatic carbocycles. The highest BCUT2D eigenvalue weighted by Crippen LogP contribution is 2.45. The predicted molar refractivity (Wildman–Crippen MR) is 179 cm³/mol. The Bertz CT molecular complexity index is 2240. The lowest BCUT2D eigenvalue weighted by atomic mass is 9.80. The van der Waals surface area contributed by atoms with E-state index in [4.69, 9.17) is 4.18 Å². The van der Waals surface area contributed by atoms with Crippen molar-refractivity contribution in [1.82, 2.24) is 0 Å². The largest absolute Gasteiger partial charge is 0.378 e. The van der Waals surface area contributed by atoms with Crippen LogP contribution in [0.4, 0.5) is 28.4 Å². The Hall–Kier alpha value is -5.81. The van der Waals surface area contributed by atoms with Crippen LogP contribution in [0.1, 0.15) is 54.1 Å². The van der Waals surface area contributed by atoms with Crippen molar-refractivity contribution >= 4 is 50.1 Å². The average molecular weight is 648 g/mol. The van der Waals surface area contributed by atoms with Gasteiger partial charge in [-0.15, -0.1) is 0 Å². The fourth-order valence-corrected chi connectivity index (χ4v) is 6.47. The molecule has 5 aromatic rings. The van der Waals surface area contributed by atoms with E-state index < -0.39 is 49.2 Å². The van der Waals surface area contributed by atoms with Crippen molar-refractivity contribution in [3.63, 3.8) is 0 Å². The van der Waals surface area contributed by atoms with Gasteiger partial charge in [-0.05, 0) is 86.8 Å². The predicted octanol–water partition coefficient (Wildman–Crippen LogP) is 7.86. The van der Waals surface area contributed by atoms with Crippen LogP contribution in [-0.4, -0.2) is 24.9 Å². The highest BCUT2D eigenvalue weighted by molar-refractivity contribution is 7.87. The normalized spacial score (nSPS) is 12.3. The van der Waals surface area contributed by atoms with Crippen molar-refractivity contribution in [1.29, 1.82) is 0 Å². The van der Waals surface area contributed by atoms with Gasteiger partial charge in [0.1, 0.15) is 10.5 Å². The van der Waals surface area contributed by atoms with E-state index in [-0.39, 0.29) is 27.4 Å². The number of nitro benzene ring substituents is 1. The lowest BCUT2D eigenvalue weighted by Crippen LogP contribution is -2.26. The van der Waals surface area contributed by atoms with Gasteiger partial charge in [0.2, 0.25) is 5.78 Å². The van der Waals surface area contributed by atoms with Crippen LogP contribution in [-0.2, 0) is 10.1 Å². The molecular weight excluding hydrogens is 618 g/mol. The Kier molecular flexibility index (Phi) is 7.86. The summed E-state index contributed by atoms with van der Waals surface area (Å²) in [6.45, 7) is 7.42. The van der Waals surface area contributed by atoms with Crippen LogP contribution in [0.15, 0.2) is 95.9 Å². The monoisotopic (exact) mass is 647 g/mol. The Morgan fingerprint density at radius 2 is 1.19 bits per heavy atom. The molecule has 47 heavy (non-hydrogen) atoms. The maximum atomic E-state index is 14.7. The number of hydrogen-bond donors (Lipinski definition) is 2.